The number of carbonyl (C=O) groups excluding carboxylic acids is 1. The smallest absolute Gasteiger partial charge is 0.264 e. The van der Waals surface area contributed by atoms with Crippen LogP contribution < -0.4 is 9.46 Å². The summed E-state index contributed by atoms with van der Waals surface area (Å²) < 4.78 is 35.8. The normalized spacial score (nSPS) is 23.6. The van der Waals surface area contributed by atoms with E-state index >= 15 is 0 Å². The van der Waals surface area contributed by atoms with Gasteiger partial charge in [0.2, 0.25) is 11.8 Å². The van der Waals surface area contributed by atoms with E-state index in [1.807, 2.05) is 45.9 Å². The predicted molar refractivity (Wildman–Crippen MR) is 157 cm³/mol. The molecular formula is C30H39N5O4S. The zero-order valence-corrected chi connectivity index (χ0v) is 24.5. The number of aryl methyl sites for hydroxylation is 2. The Morgan fingerprint density at radius 3 is 2.50 bits per heavy atom. The molecule has 1 aromatic heterocycles. The van der Waals surface area contributed by atoms with Gasteiger partial charge in [0.25, 0.3) is 15.9 Å². The van der Waals surface area contributed by atoms with Gasteiger partial charge in [-0.1, -0.05) is 38.1 Å². The van der Waals surface area contributed by atoms with Gasteiger partial charge in [0.05, 0.1) is 17.1 Å². The molecule has 214 valence electrons. The number of rotatable bonds is 1. The number of benzene rings is 2. The molecule has 4 heterocycles. The van der Waals surface area contributed by atoms with Gasteiger partial charge in [-0.25, -0.2) is 18.1 Å². The van der Waals surface area contributed by atoms with Gasteiger partial charge >= 0.3 is 0 Å². The average Bonchev–Trinajstić information content (AvgIpc) is 2.93. The molecule has 9 nitrogen and oxygen atoms in total. The number of likely N-dealkylation sites (tertiary alicyclic amines) is 1. The molecule has 3 unspecified atom stereocenters. The van der Waals surface area contributed by atoms with Crippen LogP contribution >= 0.6 is 0 Å². The Kier molecular flexibility index (Phi) is 7.83. The highest BCUT2D eigenvalue weighted by molar-refractivity contribution is 7.92. The fraction of sp³-hybridized carbons (Fsp3) is 0.433. The third-order valence-corrected chi connectivity index (χ3v) is 9.34. The second-order valence-electron chi connectivity index (χ2n) is 10.5. The van der Waals surface area contributed by atoms with Crippen LogP contribution in [0.3, 0.4) is 0 Å². The molecule has 2 aromatic carbocycles. The summed E-state index contributed by atoms with van der Waals surface area (Å²) in [4.78, 5) is 26.8. The standard InChI is InChI=1S/C28H31N5O4S.C2H6.H2/c1-17-7-4-8-18(2)26(17)22-14-25-30-28(29-22)31-38(35,36)20-10-5-9-19(13-20)27(34)33-15-23-21(24(16-33)37-25)11-6-12-32(23)3;1-2;/h4-5,7-10,13-14,21,23-24H,6,11-12,15-16H2,1-3H3,(H,29,30,31);1-2H3;1H. The Balaban J connectivity index is 0.00000126. The number of hydrogen-bond acceptors (Lipinski definition) is 7. The van der Waals surface area contributed by atoms with Crippen LogP contribution in [-0.2, 0) is 10.0 Å². The molecule has 3 atom stereocenters. The van der Waals surface area contributed by atoms with Crippen LogP contribution in [0.2, 0.25) is 0 Å². The zero-order chi connectivity index (χ0) is 28.6. The molecule has 0 spiro atoms. The van der Waals surface area contributed by atoms with E-state index in [9.17, 15) is 13.2 Å². The minimum atomic E-state index is -4.06. The second kappa shape index (κ2) is 11.2. The monoisotopic (exact) mass is 565 g/mol. The van der Waals surface area contributed by atoms with Gasteiger partial charge in [-0.05, 0) is 69.6 Å². The summed E-state index contributed by atoms with van der Waals surface area (Å²) in [5.41, 5.74) is 3.83. The number of hydrogen-bond donors (Lipinski definition) is 1. The van der Waals surface area contributed by atoms with Crippen LogP contribution in [0.4, 0.5) is 5.95 Å². The molecule has 0 aliphatic carbocycles. The number of nitrogens with zero attached hydrogens (tertiary/aromatic N) is 4. The van der Waals surface area contributed by atoms with Crippen LogP contribution in [0.25, 0.3) is 11.3 Å². The molecule has 6 bridgehead atoms. The third kappa shape index (κ3) is 5.30. The zero-order valence-electron chi connectivity index (χ0n) is 23.7. The highest BCUT2D eigenvalue weighted by Crippen LogP contribution is 2.35. The predicted octanol–water partition coefficient (Wildman–Crippen LogP) is 4.76. The van der Waals surface area contributed by atoms with E-state index in [2.05, 4.69) is 26.6 Å². The molecule has 10 heteroatoms. The first-order valence-electron chi connectivity index (χ1n) is 13.9. The maximum atomic E-state index is 13.6. The largest absolute Gasteiger partial charge is 0.472 e. The Hall–Kier alpha value is -3.50. The number of anilines is 1. The van der Waals surface area contributed by atoms with E-state index in [4.69, 9.17) is 4.74 Å². The van der Waals surface area contributed by atoms with Crippen molar-refractivity contribution < 1.29 is 19.4 Å². The van der Waals surface area contributed by atoms with Gasteiger partial charge in [-0.3, -0.25) is 4.79 Å². The number of piperidine rings is 2. The molecule has 1 N–H and O–H groups in total. The van der Waals surface area contributed by atoms with Gasteiger partial charge in [0.15, 0.2) is 0 Å². The number of carbonyl (C=O) groups is 1. The number of likely N-dealkylation sites (N-methyl/N-ethyl adjacent to an activating group) is 1. The average molecular weight is 566 g/mol. The van der Waals surface area contributed by atoms with Crippen LogP contribution in [0.1, 0.15) is 49.6 Å². The van der Waals surface area contributed by atoms with Crippen molar-refractivity contribution in [1.29, 1.82) is 0 Å². The van der Waals surface area contributed by atoms with Crippen LogP contribution in [0, 0.1) is 19.8 Å². The second-order valence-corrected chi connectivity index (χ2v) is 12.2. The first-order chi connectivity index (χ1) is 19.2. The highest BCUT2D eigenvalue weighted by Gasteiger charge is 2.44. The van der Waals surface area contributed by atoms with Crippen molar-refractivity contribution in [2.24, 2.45) is 5.92 Å². The lowest BCUT2D eigenvalue weighted by Gasteiger charge is -2.49. The minimum absolute atomic E-state index is 0. The van der Waals surface area contributed by atoms with Crippen molar-refractivity contribution in [1.82, 2.24) is 19.8 Å². The van der Waals surface area contributed by atoms with Gasteiger partial charge in [0, 0.05) is 37.1 Å². The minimum Gasteiger partial charge on any atom is -0.472 e. The third-order valence-electron chi connectivity index (χ3n) is 8.01. The summed E-state index contributed by atoms with van der Waals surface area (Å²) in [7, 11) is -1.97. The number of nitrogens with one attached hydrogen (secondary N) is 1. The van der Waals surface area contributed by atoms with Crippen LogP contribution in [0.15, 0.2) is 53.4 Å². The molecular weight excluding hydrogens is 526 g/mol. The van der Waals surface area contributed by atoms with Crippen LogP contribution in [0.5, 0.6) is 5.88 Å². The van der Waals surface area contributed by atoms with Crippen molar-refractivity contribution in [3.05, 3.63) is 65.2 Å². The molecule has 1 amide bonds. The van der Waals surface area contributed by atoms with Crippen molar-refractivity contribution in [3.8, 4) is 17.1 Å². The van der Waals surface area contributed by atoms with Gasteiger partial charge < -0.3 is 14.5 Å². The lowest BCUT2D eigenvalue weighted by molar-refractivity contribution is -0.0355. The first-order valence-corrected chi connectivity index (χ1v) is 15.4. The summed E-state index contributed by atoms with van der Waals surface area (Å²) in [6.07, 6.45) is 1.75. The maximum Gasteiger partial charge on any atom is 0.264 e. The molecule has 6 rings (SSSR count). The molecule has 2 fully saturated rings. The number of ether oxygens (including phenoxy) is 1. The fourth-order valence-electron chi connectivity index (χ4n) is 6.10. The van der Waals surface area contributed by atoms with E-state index in [-0.39, 0.29) is 42.1 Å². The maximum absolute atomic E-state index is 13.6. The molecule has 40 heavy (non-hydrogen) atoms. The molecule has 2 saturated heterocycles. The van der Waals surface area contributed by atoms with Gasteiger partial charge in [-0.15, -0.1) is 0 Å². The van der Waals surface area contributed by atoms with E-state index in [1.165, 1.54) is 12.1 Å². The van der Waals surface area contributed by atoms with Crippen molar-refractivity contribution in [2.75, 3.05) is 31.4 Å². The molecule has 0 radical (unpaired) electrons. The summed E-state index contributed by atoms with van der Waals surface area (Å²) in [5.74, 6) is 0.225. The summed E-state index contributed by atoms with van der Waals surface area (Å²) in [6, 6.07) is 14.0. The number of fused-ring (bicyclic) bond motifs is 8. The number of aromatic nitrogens is 2. The van der Waals surface area contributed by atoms with Crippen molar-refractivity contribution >= 4 is 21.9 Å². The lowest BCUT2D eigenvalue weighted by atomic mass is 9.81. The van der Waals surface area contributed by atoms with E-state index in [1.54, 1.807) is 23.1 Å². The topological polar surface area (TPSA) is 105 Å². The van der Waals surface area contributed by atoms with Gasteiger partial charge in [0.1, 0.15) is 6.10 Å². The van der Waals surface area contributed by atoms with E-state index < -0.39 is 10.0 Å². The number of amides is 1. The summed E-state index contributed by atoms with van der Waals surface area (Å²) in [5, 5.41) is 0. The quantitative estimate of drug-likeness (QED) is 0.454. The van der Waals surface area contributed by atoms with Gasteiger partial charge in [-0.2, -0.15) is 4.98 Å². The van der Waals surface area contributed by atoms with Crippen molar-refractivity contribution in [2.45, 2.75) is 57.6 Å². The molecule has 3 aliphatic heterocycles. The first kappa shape index (κ1) is 28.0. The Labute approximate surface area is 238 Å². The number of sulfonamides is 1. The molecule has 3 aliphatic rings. The Morgan fingerprint density at radius 2 is 1.75 bits per heavy atom. The van der Waals surface area contributed by atoms with E-state index in [0.717, 1.165) is 36.1 Å². The molecule has 0 saturated carbocycles. The molecule has 3 aromatic rings. The lowest BCUT2D eigenvalue weighted by Crippen LogP contribution is -2.62. The summed E-state index contributed by atoms with van der Waals surface area (Å²) in [6.45, 7) is 9.92. The Bertz CT molecular complexity index is 1510. The van der Waals surface area contributed by atoms with E-state index in [0.29, 0.717) is 24.3 Å². The highest BCUT2D eigenvalue weighted by atomic mass is 32.2. The fourth-order valence-corrected chi connectivity index (χ4v) is 7.09. The van der Waals surface area contributed by atoms with Crippen molar-refractivity contribution in [3.63, 3.8) is 0 Å². The van der Waals surface area contributed by atoms with Crippen LogP contribution in [-0.4, -0.2) is 72.9 Å². The SMILES string of the molecule is CC.Cc1cccc(C)c1-c1cc2nc(n1)NS(=O)(=O)c1cccc(c1)C(=O)N1CC(O2)C2CCCN(C)C2C1.[HH]. The Morgan fingerprint density at radius 1 is 1.02 bits per heavy atom. The summed E-state index contributed by atoms with van der Waals surface area (Å²) >= 11 is 0.